The molecule has 2 aliphatic rings. The van der Waals surface area contributed by atoms with Crippen LogP contribution in [0.2, 0.25) is 0 Å². The number of rotatable bonds is 5. The van der Waals surface area contributed by atoms with Gasteiger partial charge in [0.2, 0.25) is 0 Å². The average molecular weight is 384 g/mol. The van der Waals surface area contributed by atoms with E-state index < -0.39 is 4.92 Å². The summed E-state index contributed by atoms with van der Waals surface area (Å²) < 4.78 is 5.16. The van der Waals surface area contributed by atoms with Crippen LogP contribution in [0.15, 0.2) is 47.6 Å². The number of hydrogen-bond donors (Lipinski definition) is 0. The largest absolute Gasteiger partial charge is 0.490 e. The van der Waals surface area contributed by atoms with Crippen molar-refractivity contribution >= 4 is 22.6 Å². The maximum absolute atomic E-state index is 11.5. The summed E-state index contributed by atoms with van der Waals surface area (Å²) >= 11 is 1.75. The summed E-state index contributed by atoms with van der Waals surface area (Å²) in [5, 5.41) is 12.5. The van der Waals surface area contributed by atoms with Crippen LogP contribution in [0.4, 0.5) is 5.69 Å². The van der Waals surface area contributed by atoms with Crippen LogP contribution in [-0.4, -0.2) is 38.9 Å². The number of nitro benzene ring substituents is 1. The smallest absolute Gasteiger partial charge is 0.311 e. The predicted octanol–water partition coefficient (Wildman–Crippen LogP) is 3.98. The highest BCUT2D eigenvalue weighted by Gasteiger charge is 2.45. The summed E-state index contributed by atoms with van der Waals surface area (Å²) in [7, 11) is 1.44. The summed E-state index contributed by atoms with van der Waals surface area (Å²) in [4.78, 5) is 22.9. The third kappa shape index (κ3) is 3.03. The fourth-order valence-electron chi connectivity index (χ4n) is 3.74. The maximum atomic E-state index is 11.5. The van der Waals surface area contributed by atoms with Crippen LogP contribution in [0.3, 0.4) is 0 Å². The Kier molecular flexibility index (Phi) is 4.73. The van der Waals surface area contributed by atoms with E-state index in [0.717, 1.165) is 28.6 Å². The van der Waals surface area contributed by atoms with E-state index in [-0.39, 0.29) is 23.5 Å². The van der Waals surface area contributed by atoms with E-state index >= 15 is 0 Å². The lowest BCUT2D eigenvalue weighted by Gasteiger charge is -2.31. The van der Waals surface area contributed by atoms with Crippen molar-refractivity contribution in [2.45, 2.75) is 31.5 Å². The minimum atomic E-state index is -0.398. The first-order valence-electron chi connectivity index (χ1n) is 8.86. The number of pyridine rings is 1. The molecule has 1 saturated heterocycles. The Morgan fingerprint density at radius 2 is 2.22 bits per heavy atom. The van der Waals surface area contributed by atoms with Gasteiger partial charge in [0.15, 0.2) is 10.9 Å². The van der Waals surface area contributed by atoms with Gasteiger partial charge in [0.1, 0.15) is 6.04 Å². The summed E-state index contributed by atoms with van der Waals surface area (Å²) in [5.41, 5.74) is 1.71. The van der Waals surface area contributed by atoms with Gasteiger partial charge < -0.3 is 9.64 Å². The van der Waals surface area contributed by atoms with E-state index in [1.165, 1.54) is 7.11 Å². The number of amidine groups is 1. The lowest BCUT2D eigenvalue weighted by molar-refractivity contribution is -0.385. The quantitative estimate of drug-likeness (QED) is 0.573. The van der Waals surface area contributed by atoms with Crippen molar-refractivity contribution in [1.82, 2.24) is 9.88 Å². The molecule has 1 fully saturated rings. The van der Waals surface area contributed by atoms with Gasteiger partial charge in [-0.3, -0.25) is 20.1 Å². The molecule has 4 rings (SSSR count). The molecule has 0 N–H and O–H groups in total. The van der Waals surface area contributed by atoms with Crippen molar-refractivity contribution in [3.63, 3.8) is 0 Å². The molecule has 27 heavy (non-hydrogen) atoms. The second-order valence-electron chi connectivity index (χ2n) is 6.52. The first-order chi connectivity index (χ1) is 13.1. The summed E-state index contributed by atoms with van der Waals surface area (Å²) in [6, 6.07) is 11.0. The number of hydrogen-bond acceptors (Lipinski definition) is 7. The molecule has 0 bridgehead atoms. The molecule has 3 heterocycles. The lowest BCUT2D eigenvalue weighted by Crippen LogP contribution is -2.35. The standard InChI is InChI=1S/C19H20N4O3S/c1-3-13-11-27-19-21-17(14-6-4-5-9-20-14)18(22(13)19)12-7-8-16(26-2)15(10-12)23(24)25/h4-10,13,17-18H,3,11H2,1-2H3/t13-,17-,18+/m0/s1. The third-order valence-corrected chi connectivity index (χ3v) is 6.20. The SMILES string of the molecule is CC[C@H]1CSC2=N[C@@H](c3ccccn3)[C@@H](c3ccc(OC)c([N+](=O)[O-])c3)N21. The van der Waals surface area contributed by atoms with Crippen LogP contribution >= 0.6 is 11.8 Å². The van der Waals surface area contributed by atoms with Gasteiger partial charge in [-0.25, -0.2) is 0 Å². The molecular weight excluding hydrogens is 364 g/mol. The highest BCUT2D eigenvalue weighted by atomic mass is 32.2. The number of aliphatic imine (C=N–C) groups is 1. The summed E-state index contributed by atoms with van der Waals surface area (Å²) in [5.74, 6) is 1.25. The predicted molar refractivity (Wildman–Crippen MR) is 105 cm³/mol. The molecule has 2 aliphatic heterocycles. The zero-order valence-electron chi connectivity index (χ0n) is 15.1. The van der Waals surface area contributed by atoms with E-state index in [2.05, 4.69) is 16.8 Å². The molecule has 0 aliphatic carbocycles. The van der Waals surface area contributed by atoms with E-state index in [0.29, 0.717) is 6.04 Å². The molecule has 3 atom stereocenters. The van der Waals surface area contributed by atoms with Gasteiger partial charge in [-0.05, 0) is 30.2 Å². The molecule has 1 aromatic heterocycles. The first-order valence-corrected chi connectivity index (χ1v) is 9.84. The van der Waals surface area contributed by atoms with E-state index in [9.17, 15) is 10.1 Å². The van der Waals surface area contributed by atoms with E-state index in [1.807, 2.05) is 24.3 Å². The number of thioether (sulfide) groups is 1. The topological polar surface area (TPSA) is 80.9 Å². The van der Waals surface area contributed by atoms with Gasteiger partial charge in [-0.15, -0.1) is 0 Å². The molecule has 1 aromatic carbocycles. The van der Waals surface area contributed by atoms with Gasteiger partial charge in [-0.1, -0.05) is 30.8 Å². The number of nitro groups is 1. The normalized spacial score (nSPS) is 23.9. The molecule has 0 unspecified atom stereocenters. The monoisotopic (exact) mass is 384 g/mol. The number of ether oxygens (including phenoxy) is 1. The number of aromatic nitrogens is 1. The van der Waals surface area contributed by atoms with Gasteiger partial charge in [0.05, 0.1) is 23.8 Å². The van der Waals surface area contributed by atoms with Crippen molar-refractivity contribution in [3.05, 3.63) is 64.0 Å². The molecule has 8 heteroatoms. The number of methoxy groups -OCH3 is 1. The Labute approximate surface area is 161 Å². The zero-order valence-corrected chi connectivity index (χ0v) is 15.9. The van der Waals surface area contributed by atoms with Crippen molar-refractivity contribution in [2.24, 2.45) is 4.99 Å². The Bertz CT molecular complexity index is 890. The third-order valence-electron chi connectivity index (χ3n) is 5.07. The molecule has 0 radical (unpaired) electrons. The minimum Gasteiger partial charge on any atom is -0.490 e. The van der Waals surface area contributed by atoms with Gasteiger partial charge in [-0.2, -0.15) is 0 Å². The number of benzene rings is 1. The Morgan fingerprint density at radius 1 is 1.37 bits per heavy atom. The fourth-order valence-corrected chi connectivity index (χ4v) is 5.08. The van der Waals surface area contributed by atoms with Gasteiger partial charge in [0, 0.05) is 24.1 Å². The van der Waals surface area contributed by atoms with Crippen molar-refractivity contribution in [1.29, 1.82) is 0 Å². The second-order valence-corrected chi connectivity index (χ2v) is 7.51. The number of nitrogens with zero attached hydrogens (tertiary/aromatic N) is 4. The van der Waals surface area contributed by atoms with Crippen LogP contribution in [0, 0.1) is 10.1 Å². The first kappa shape index (κ1) is 17.8. The number of fused-ring (bicyclic) bond motifs is 1. The van der Waals surface area contributed by atoms with Crippen molar-refractivity contribution < 1.29 is 9.66 Å². The van der Waals surface area contributed by atoms with Gasteiger partial charge >= 0.3 is 5.69 Å². The maximum Gasteiger partial charge on any atom is 0.311 e. The van der Waals surface area contributed by atoms with Crippen LogP contribution in [0.1, 0.15) is 36.7 Å². The Hall–Kier alpha value is -2.61. The van der Waals surface area contributed by atoms with Crippen LogP contribution < -0.4 is 4.74 Å². The molecule has 0 spiro atoms. The molecule has 0 saturated carbocycles. The van der Waals surface area contributed by atoms with Crippen molar-refractivity contribution in [2.75, 3.05) is 12.9 Å². The highest BCUT2D eigenvalue weighted by Crippen LogP contribution is 2.49. The minimum absolute atomic E-state index is 0.0249. The fraction of sp³-hybridized carbons (Fsp3) is 0.368. The second kappa shape index (κ2) is 7.19. The van der Waals surface area contributed by atoms with Crippen LogP contribution in [0.5, 0.6) is 5.75 Å². The summed E-state index contributed by atoms with van der Waals surface area (Å²) in [6.45, 7) is 2.16. The Morgan fingerprint density at radius 3 is 2.89 bits per heavy atom. The van der Waals surface area contributed by atoms with E-state index in [4.69, 9.17) is 9.73 Å². The zero-order chi connectivity index (χ0) is 19.0. The molecule has 140 valence electrons. The Balaban J connectivity index is 1.82. The van der Waals surface area contributed by atoms with Crippen LogP contribution in [0.25, 0.3) is 0 Å². The van der Waals surface area contributed by atoms with E-state index in [1.54, 1.807) is 30.1 Å². The molecule has 2 aromatic rings. The molecular formula is C19H20N4O3S. The van der Waals surface area contributed by atoms with Gasteiger partial charge in [0.25, 0.3) is 0 Å². The van der Waals surface area contributed by atoms with Crippen LogP contribution in [-0.2, 0) is 0 Å². The van der Waals surface area contributed by atoms with Crippen molar-refractivity contribution in [3.8, 4) is 5.75 Å². The average Bonchev–Trinajstić information content (AvgIpc) is 3.27. The summed E-state index contributed by atoms with van der Waals surface area (Å²) in [6.07, 6.45) is 2.76. The molecule has 7 nitrogen and oxygen atoms in total. The lowest BCUT2D eigenvalue weighted by atomic mass is 9.94. The molecule has 0 amide bonds. The highest BCUT2D eigenvalue weighted by molar-refractivity contribution is 8.14.